The first-order valence-electron chi connectivity index (χ1n) is 7.87. The van der Waals surface area contributed by atoms with E-state index in [0.29, 0.717) is 6.54 Å². The third-order valence-electron chi connectivity index (χ3n) is 4.34. The number of halogens is 1. The molecule has 5 nitrogen and oxygen atoms in total. The summed E-state index contributed by atoms with van der Waals surface area (Å²) in [6, 6.07) is 9.43. The molecule has 1 aromatic carbocycles. The number of benzene rings is 1. The molecule has 23 heavy (non-hydrogen) atoms. The molecule has 0 N–H and O–H groups in total. The Kier molecular flexibility index (Phi) is 4.71. The van der Waals surface area contributed by atoms with E-state index in [4.69, 9.17) is 0 Å². The summed E-state index contributed by atoms with van der Waals surface area (Å²) in [6.07, 6.45) is 3.40. The van der Waals surface area contributed by atoms with Crippen LogP contribution in [-0.2, 0) is 13.6 Å². The summed E-state index contributed by atoms with van der Waals surface area (Å²) in [5.74, 6) is 0.730. The highest BCUT2D eigenvalue weighted by atomic mass is 79.9. The Morgan fingerprint density at radius 3 is 2.48 bits per heavy atom. The molecule has 1 saturated heterocycles. The van der Waals surface area contributed by atoms with Crippen LogP contribution in [0, 0.1) is 0 Å². The second-order valence-electron chi connectivity index (χ2n) is 5.91. The van der Waals surface area contributed by atoms with Crippen molar-refractivity contribution in [3.8, 4) is 0 Å². The number of rotatable bonds is 3. The van der Waals surface area contributed by atoms with E-state index >= 15 is 0 Å². The van der Waals surface area contributed by atoms with Crippen LogP contribution in [0.15, 0.2) is 44.4 Å². The molecule has 6 heteroatoms. The summed E-state index contributed by atoms with van der Waals surface area (Å²) in [4.78, 5) is 26.9. The number of nitrogens with zero attached hydrogens (tertiary/aromatic N) is 3. The normalized spacial score (nSPS) is 15.0. The number of anilines is 1. The van der Waals surface area contributed by atoms with Gasteiger partial charge in [-0.3, -0.25) is 13.9 Å². The molecule has 2 heterocycles. The molecule has 0 unspecified atom stereocenters. The Labute approximate surface area is 143 Å². The van der Waals surface area contributed by atoms with Crippen LogP contribution < -0.4 is 16.1 Å². The van der Waals surface area contributed by atoms with E-state index in [1.807, 2.05) is 24.3 Å². The highest BCUT2D eigenvalue weighted by molar-refractivity contribution is 9.10. The van der Waals surface area contributed by atoms with Gasteiger partial charge in [0, 0.05) is 30.7 Å². The highest BCUT2D eigenvalue weighted by Gasteiger charge is 2.18. The monoisotopic (exact) mass is 377 g/mol. The molecule has 1 aliphatic heterocycles. The Morgan fingerprint density at radius 2 is 1.78 bits per heavy atom. The summed E-state index contributed by atoms with van der Waals surface area (Å²) >= 11 is 3.53. The zero-order valence-electron chi connectivity index (χ0n) is 13.2. The fourth-order valence-electron chi connectivity index (χ4n) is 2.99. The van der Waals surface area contributed by atoms with Crippen molar-refractivity contribution in [2.24, 2.45) is 7.05 Å². The molecule has 3 rings (SSSR count). The molecule has 0 aliphatic carbocycles. The van der Waals surface area contributed by atoms with Gasteiger partial charge >= 0.3 is 5.69 Å². The zero-order chi connectivity index (χ0) is 16.4. The maximum atomic E-state index is 12.7. The minimum atomic E-state index is -0.270. The van der Waals surface area contributed by atoms with Gasteiger partial charge in [-0.05, 0) is 30.9 Å². The SMILES string of the molecule is Cn1c(=O)cc(N2CCCCC2)n(Cc2ccccc2Br)c1=O. The van der Waals surface area contributed by atoms with Crippen LogP contribution in [0.2, 0.25) is 0 Å². The average Bonchev–Trinajstić information content (AvgIpc) is 2.57. The molecular formula is C17H20BrN3O2. The minimum Gasteiger partial charge on any atom is -0.358 e. The van der Waals surface area contributed by atoms with Crippen LogP contribution in [0.3, 0.4) is 0 Å². The third-order valence-corrected chi connectivity index (χ3v) is 5.12. The lowest BCUT2D eigenvalue weighted by molar-refractivity contribution is 0.547. The molecule has 0 saturated carbocycles. The van der Waals surface area contributed by atoms with Gasteiger partial charge < -0.3 is 4.90 Å². The molecule has 0 spiro atoms. The molecule has 122 valence electrons. The fraction of sp³-hybridized carbons (Fsp3) is 0.412. The first-order valence-corrected chi connectivity index (χ1v) is 8.66. The topological polar surface area (TPSA) is 47.2 Å². The molecule has 0 radical (unpaired) electrons. The number of aromatic nitrogens is 2. The Bertz CT molecular complexity index is 819. The van der Waals surface area contributed by atoms with Gasteiger partial charge in [0.15, 0.2) is 0 Å². The largest absolute Gasteiger partial charge is 0.358 e. The van der Waals surface area contributed by atoms with Gasteiger partial charge in [-0.15, -0.1) is 0 Å². The van der Waals surface area contributed by atoms with E-state index < -0.39 is 0 Å². The van der Waals surface area contributed by atoms with E-state index in [1.54, 1.807) is 10.6 Å². The van der Waals surface area contributed by atoms with Crippen LogP contribution in [0.1, 0.15) is 24.8 Å². The molecule has 0 amide bonds. The zero-order valence-corrected chi connectivity index (χ0v) is 14.8. The minimum absolute atomic E-state index is 0.251. The Morgan fingerprint density at radius 1 is 1.09 bits per heavy atom. The lowest BCUT2D eigenvalue weighted by Crippen LogP contribution is -2.43. The van der Waals surface area contributed by atoms with Crippen molar-refractivity contribution in [3.63, 3.8) is 0 Å². The van der Waals surface area contributed by atoms with E-state index in [2.05, 4.69) is 20.8 Å². The van der Waals surface area contributed by atoms with Crippen LogP contribution in [0.4, 0.5) is 5.82 Å². The quantitative estimate of drug-likeness (QED) is 0.824. The van der Waals surface area contributed by atoms with Gasteiger partial charge in [-0.25, -0.2) is 4.79 Å². The summed E-state index contributed by atoms with van der Waals surface area (Å²) in [7, 11) is 1.53. The van der Waals surface area contributed by atoms with Crippen molar-refractivity contribution in [2.75, 3.05) is 18.0 Å². The summed E-state index contributed by atoms with van der Waals surface area (Å²) < 4.78 is 3.84. The Hall–Kier alpha value is -1.82. The van der Waals surface area contributed by atoms with Crippen LogP contribution in [-0.4, -0.2) is 22.2 Å². The van der Waals surface area contributed by atoms with Gasteiger partial charge in [-0.1, -0.05) is 34.1 Å². The van der Waals surface area contributed by atoms with E-state index in [0.717, 1.165) is 41.8 Å². The maximum absolute atomic E-state index is 12.7. The molecule has 0 atom stereocenters. The van der Waals surface area contributed by atoms with Crippen molar-refractivity contribution in [1.82, 2.24) is 9.13 Å². The lowest BCUT2D eigenvalue weighted by Gasteiger charge is -2.31. The standard InChI is InChI=1S/C17H20BrN3O2/c1-19-16(22)11-15(20-9-5-2-6-10-20)21(17(19)23)12-13-7-3-4-8-14(13)18/h3-4,7-8,11H,2,5-6,9-10,12H2,1H3. The predicted molar refractivity (Wildman–Crippen MR) is 95.3 cm³/mol. The smallest absolute Gasteiger partial charge is 0.332 e. The molecule has 2 aromatic rings. The van der Waals surface area contributed by atoms with Gasteiger partial charge in [0.05, 0.1) is 6.54 Å². The third kappa shape index (κ3) is 3.27. The van der Waals surface area contributed by atoms with Crippen LogP contribution in [0.5, 0.6) is 0 Å². The van der Waals surface area contributed by atoms with Gasteiger partial charge in [-0.2, -0.15) is 0 Å². The second kappa shape index (κ2) is 6.74. The first-order chi connectivity index (χ1) is 11.1. The molecule has 1 aromatic heterocycles. The Balaban J connectivity index is 2.10. The van der Waals surface area contributed by atoms with E-state index in [9.17, 15) is 9.59 Å². The highest BCUT2D eigenvalue weighted by Crippen LogP contribution is 2.21. The molecule has 1 aliphatic rings. The molecule has 1 fully saturated rings. The maximum Gasteiger partial charge on any atom is 0.332 e. The summed E-state index contributed by atoms with van der Waals surface area (Å²) in [6.45, 7) is 2.23. The number of piperidine rings is 1. The average molecular weight is 378 g/mol. The van der Waals surface area contributed by atoms with Gasteiger partial charge in [0.2, 0.25) is 0 Å². The van der Waals surface area contributed by atoms with E-state index in [1.165, 1.54) is 18.0 Å². The van der Waals surface area contributed by atoms with E-state index in [-0.39, 0.29) is 11.2 Å². The van der Waals surface area contributed by atoms with Gasteiger partial charge in [0.1, 0.15) is 5.82 Å². The van der Waals surface area contributed by atoms with Gasteiger partial charge in [0.25, 0.3) is 5.56 Å². The predicted octanol–water partition coefficient (Wildman–Crippen LogP) is 2.35. The number of hydrogen-bond donors (Lipinski definition) is 0. The van der Waals surface area contributed by atoms with Crippen molar-refractivity contribution >= 4 is 21.7 Å². The van der Waals surface area contributed by atoms with Crippen molar-refractivity contribution in [1.29, 1.82) is 0 Å². The fourth-order valence-corrected chi connectivity index (χ4v) is 3.40. The second-order valence-corrected chi connectivity index (χ2v) is 6.76. The summed E-state index contributed by atoms with van der Waals surface area (Å²) in [5, 5.41) is 0. The first kappa shape index (κ1) is 16.1. The lowest BCUT2D eigenvalue weighted by atomic mass is 10.1. The number of hydrogen-bond acceptors (Lipinski definition) is 3. The molecule has 0 bridgehead atoms. The van der Waals surface area contributed by atoms with Crippen LogP contribution >= 0.6 is 15.9 Å². The summed E-state index contributed by atoms with van der Waals surface area (Å²) in [5.41, 5.74) is 0.499. The van der Waals surface area contributed by atoms with Crippen molar-refractivity contribution < 1.29 is 0 Å². The van der Waals surface area contributed by atoms with Crippen LogP contribution in [0.25, 0.3) is 0 Å². The molecular weight excluding hydrogens is 358 g/mol. The van der Waals surface area contributed by atoms with Crippen molar-refractivity contribution in [3.05, 3.63) is 61.2 Å². The van der Waals surface area contributed by atoms with Crippen molar-refractivity contribution in [2.45, 2.75) is 25.8 Å².